The third-order valence-electron chi connectivity index (χ3n) is 7.11. The van der Waals surface area contributed by atoms with E-state index in [4.69, 9.17) is 16.3 Å². The molecule has 1 fully saturated rings. The quantitative estimate of drug-likeness (QED) is 0.298. The lowest BCUT2D eigenvalue weighted by molar-refractivity contribution is -0.126. The van der Waals surface area contributed by atoms with E-state index >= 15 is 0 Å². The number of amides is 2. The van der Waals surface area contributed by atoms with E-state index in [0.29, 0.717) is 24.2 Å². The molecule has 3 aromatic rings. The minimum atomic E-state index is -0.513. The highest BCUT2D eigenvalue weighted by Gasteiger charge is 2.28. The van der Waals surface area contributed by atoms with Crippen LogP contribution >= 0.6 is 11.6 Å². The van der Waals surface area contributed by atoms with E-state index in [-0.39, 0.29) is 23.8 Å². The Labute approximate surface area is 236 Å². The first-order valence-corrected chi connectivity index (χ1v) is 14.1. The third kappa shape index (κ3) is 8.56. The molecule has 0 bridgehead atoms. The molecule has 2 amide bonds. The summed E-state index contributed by atoms with van der Waals surface area (Å²) < 4.78 is 5.33. The van der Waals surface area contributed by atoms with Crippen molar-refractivity contribution in [3.05, 3.63) is 89.2 Å². The van der Waals surface area contributed by atoms with Gasteiger partial charge < -0.3 is 15.4 Å². The van der Waals surface area contributed by atoms with Crippen LogP contribution in [0.3, 0.4) is 0 Å². The van der Waals surface area contributed by atoms with Crippen LogP contribution in [0.15, 0.2) is 72.8 Å². The summed E-state index contributed by atoms with van der Waals surface area (Å²) >= 11 is 6.47. The van der Waals surface area contributed by atoms with Gasteiger partial charge in [-0.1, -0.05) is 72.3 Å². The molecule has 0 spiro atoms. The van der Waals surface area contributed by atoms with E-state index in [1.165, 1.54) is 0 Å². The predicted octanol–water partition coefficient (Wildman–Crippen LogP) is 6.98. The lowest BCUT2D eigenvalue weighted by Crippen LogP contribution is -2.39. The number of nitrogens with one attached hydrogen (secondary N) is 2. The van der Waals surface area contributed by atoms with Crippen LogP contribution in [0.1, 0.15) is 63.6 Å². The Kier molecular flexibility index (Phi) is 9.63. The second-order valence-electron chi connectivity index (χ2n) is 11.3. The van der Waals surface area contributed by atoms with Crippen LogP contribution in [0.25, 0.3) is 11.1 Å². The van der Waals surface area contributed by atoms with Crippen molar-refractivity contribution >= 4 is 23.6 Å². The summed E-state index contributed by atoms with van der Waals surface area (Å²) in [6.07, 6.45) is 3.00. The highest BCUT2D eigenvalue weighted by Crippen LogP contribution is 2.31. The zero-order chi connectivity index (χ0) is 27.8. The molecule has 0 aliphatic heterocycles. The molecule has 4 rings (SSSR count). The number of ether oxygens (including phenoxy) is 1. The van der Waals surface area contributed by atoms with Crippen molar-refractivity contribution in [3.8, 4) is 11.1 Å². The number of benzene rings is 2. The van der Waals surface area contributed by atoms with E-state index in [9.17, 15) is 9.59 Å². The Hall–Kier alpha value is -3.38. The van der Waals surface area contributed by atoms with Crippen LogP contribution in [0.4, 0.5) is 4.79 Å². The molecular weight excluding hydrogens is 510 g/mol. The van der Waals surface area contributed by atoms with E-state index in [1.54, 1.807) is 0 Å². The van der Waals surface area contributed by atoms with E-state index < -0.39 is 5.60 Å². The van der Waals surface area contributed by atoms with Gasteiger partial charge in [-0.2, -0.15) is 0 Å². The Morgan fingerprint density at radius 2 is 1.56 bits per heavy atom. The van der Waals surface area contributed by atoms with Crippen LogP contribution in [-0.2, 0) is 9.53 Å². The number of hydrogen-bond acceptors (Lipinski definition) is 4. The number of halogens is 1. The fourth-order valence-electron chi connectivity index (χ4n) is 5.09. The molecule has 1 aliphatic carbocycles. The molecule has 2 aromatic carbocycles. The molecule has 1 unspecified atom stereocenters. The van der Waals surface area contributed by atoms with Gasteiger partial charge in [0.25, 0.3) is 0 Å². The molecule has 1 aliphatic rings. The Balaban J connectivity index is 1.38. The molecule has 0 saturated heterocycles. The summed E-state index contributed by atoms with van der Waals surface area (Å²) in [5.74, 6) is 0.252. The summed E-state index contributed by atoms with van der Waals surface area (Å²) in [7, 11) is 0. The standard InChI is InChI=1S/C32H38ClN3O3/c1-32(2,3)39-31(38)35-20-22-14-16-25(17-15-22)30(37)34-21-27(24-12-8-5-9-13-24)28-18-26(19-29(33)36-28)23-10-6-4-7-11-23/h4-13,18-19,22,25,27H,14-17,20-21H2,1-3H3,(H,34,37)(H,35,38). The zero-order valence-electron chi connectivity index (χ0n) is 23.0. The number of aromatic nitrogens is 1. The molecule has 206 valence electrons. The molecule has 7 heteroatoms. The average molecular weight is 548 g/mol. The maximum Gasteiger partial charge on any atom is 0.407 e. The van der Waals surface area contributed by atoms with Gasteiger partial charge in [-0.15, -0.1) is 0 Å². The van der Waals surface area contributed by atoms with E-state index in [0.717, 1.165) is 48.1 Å². The summed E-state index contributed by atoms with van der Waals surface area (Å²) in [5, 5.41) is 6.51. The Morgan fingerprint density at radius 1 is 0.923 bits per heavy atom. The number of pyridine rings is 1. The molecule has 1 aromatic heterocycles. The van der Waals surface area contributed by atoms with Crippen molar-refractivity contribution in [1.29, 1.82) is 0 Å². The monoisotopic (exact) mass is 547 g/mol. The average Bonchev–Trinajstić information content (AvgIpc) is 2.92. The minimum absolute atomic E-state index is 0.0357. The summed E-state index contributed by atoms with van der Waals surface area (Å²) in [4.78, 5) is 29.8. The second kappa shape index (κ2) is 13.1. The number of hydrogen-bond donors (Lipinski definition) is 2. The molecule has 6 nitrogen and oxygen atoms in total. The van der Waals surface area contributed by atoms with Crippen molar-refractivity contribution in [2.75, 3.05) is 13.1 Å². The highest BCUT2D eigenvalue weighted by atomic mass is 35.5. The number of carbonyl (C=O) groups is 2. The van der Waals surface area contributed by atoms with Gasteiger partial charge in [-0.3, -0.25) is 4.79 Å². The van der Waals surface area contributed by atoms with Crippen molar-refractivity contribution < 1.29 is 14.3 Å². The van der Waals surface area contributed by atoms with Gasteiger partial charge in [0.15, 0.2) is 0 Å². The van der Waals surface area contributed by atoms with Crippen molar-refractivity contribution in [3.63, 3.8) is 0 Å². The fourth-order valence-corrected chi connectivity index (χ4v) is 5.30. The molecule has 1 heterocycles. The predicted molar refractivity (Wildman–Crippen MR) is 156 cm³/mol. The second-order valence-corrected chi connectivity index (χ2v) is 11.7. The maximum absolute atomic E-state index is 13.2. The first kappa shape index (κ1) is 28.6. The van der Waals surface area contributed by atoms with Gasteiger partial charge in [0.1, 0.15) is 10.8 Å². The number of nitrogens with zero attached hydrogens (tertiary/aromatic N) is 1. The van der Waals surface area contributed by atoms with E-state index in [1.807, 2.05) is 75.4 Å². The van der Waals surface area contributed by atoms with Gasteiger partial charge in [0.2, 0.25) is 5.91 Å². The lowest BCUT2D eigenvalue weighted by atomic mass is 9.81. The molecule has 1 saturated carbocycles. The first-order chi connectivity index (χ1) is 18.7. The summed E-state index contributed by atoms with van der Waals surface area (Å²) in [6, 6.07) is 24.1. The van der Waals surface area contributed by atoms with Crippen LogP contribution < -0.4 is 10.6 Å². The molecule has 1 atom stereocenters. The normalized spacial score (nSPS) is 18.2. The van der Waals surface area contributed by atoms with Gasteiger partial charge >= 0.3 is 6.09 Å². The van der Waals surface area contributed by atoms with Crippen LogP contribution in [0.2, 0.25) is 5.15 Å². The topological polar surface area (TPSA) is 80.3 Å². The zero-order valence-corrected chi connectivity index (χ0v) is 23.7. The lowest BCUT2D eigenvalue weighted by Gasteiger charge is -2.29. The van der Waals surface area contributed by atoms with Crippen molar-refractivity contribution in [2.24, 2.45) is 11.8 Å². The molecular formula is C32H38ClN3O3. The van der Waals surface area contributed by atoms with Crippen LogP contribution in [-0.4, -0.2) is 35.7 Å². The van der Waals surface area contributed by atoms with Gasteiger partial charge in [0.05, 0.1) is 5.69 Å². The van der Waals surface area contributed by atoms with Crippen molar-refractivity contribution in [1.82, 2.24) is 15.6 Å². The van der Waals surface area contributed by atoms with E-state index in [2.05, 4.69) is 33.8 Å². The maximum atomic E-state index is 13.2. The summed E-state index contributed by atoms with van der Waals surface area (Å²) in [5.41, 5.74) is 3.45. The number of alkyl carbamates (subject to hydrolysis) is 1. The largest absolute Gasteiger partial charge is 0.444 e. The van der Waals surface area contributed by atoms with Crippen LogP contribution in [0, 0.1) is 11.8 Å². The fraction of sp³-hybridized carbons (Fsp3) is 0.406. The third-order valence-corrected chi connectivity index (χ3v) is 7.31. The Bertz CT molecular complexity index is 1240. The van der Waals surface area contributed by atoms with Gasteiger partial charge in [-0.05, 0) is 81.2 Å². The number of rotatable bonds is 8. The molecule has 2 N–H and O–H groups in total. The Morgan fingerprint density at radius 3 is 2.21 bits per heavy atom. The minimum Gasteiger partial charge on any atom is -0.444 e. The highest BCUT2D eigenvalue weighted by molar-refractivity contribution is 6.29. The van der Waals surface area contributed by atoms with Crippen molar-refractivity contribution in [2.45, 2.75) is 58.0 Å². The first-order valence-electron chi connectivity index (χ1n) is 13.7. The SMILES string of the molecule is CC(C)(C)OC(=O)NCC1CCC(C(=O)NCC(c2ccccc2)c2cc(-c3ccccc3)cc(Cl)n2)CC1. The smallest absolute Gasteiger partial charge is 0.407 e. The van der Waals surface area contributed by atoms with Gasteiger partial charge in [0, 0.05) is 24.9 Å². The number of carbonyl (C=O) groups excluding carboxylic acids is 2. The summed E-state index contributed by atoms with van der Waals surface area (Å²) in [6.45, 7) is 6.56. The molecule has 0 radical (unpaired) electrons. The van der Waals surface area contributed by atoms with Gasteiger partial charge in [-0.25, -0.2) is 9.78 Å². The molecule has 39 heavy (non-hydrogen) atoms. The van der Waals surface area contributed by atoms with Crippen LogP contribution in [0.5, 0.6) is 0 Å².